The Hall–Kier alpha value is -3.09. The van der Waals surface area contributed by atoms with Crippen molar-refractivity contribution in [3.63, 3.8) is 0 Å². The van der Waals surface area contributed by atoms with E-state index in [9.17, 15) is 14.9 Å². The Kier molecular flexibility index (Phi) is 9.73. The molecule has 3 rings (SSSR count). The standard InChI is InChI=1S/C27H32N4O3S2/c1-5-6-7-8-9-14-31-26(33)23(36-27(31)35)15-21-18(2)22(16-28)25(32)30(3)24(21)29-17-19-10-12-20(34-4)13-11-19/h10-13,15,29H,5-9,14,17H2,1-4H3/b23-15+. The van der Waals surface area contributed by atoms with Crippen LogP contribution in [-0.4, -0.2) is 33.3 Å². The summed E-state index contributed by atoms with van der Waals surface area (Å²) in [5.41, 5.74) is 1.83. The van der Waals surface area contributed by atoms with E-state index in [1.54, 1.807) is 32.1 Å². The van der Waals surface area contributed by atoms with E-state index in [1.807, 2.05) is 30.3 Å². The Labute approximate surface area is 222 Å². The molecule has 2 heterocycles. The van der Waals surface area contributed by atoms with Gasteiger partial charge in [-0.25, -0.2) is 0 Å². The first-order chi connectivity index (χ1) is 17.3. The number of aromatic nitrogens is 1. The number of unbranched alkanes of at least 4 members (excludes halogenated alkanes) is 4. The maximum absolute atomic E-state index is 13.2. The molecule has 9 heteroatoms. The van der Waals surface area contributed by atoms with Crippen LogP contribution < -0.4 is 15.6 Å². The minimum Gasteiger partial charge on any atom is -0.497 e. The van der Waals surface area contributed by atoms with Crippen molar-refractivity contribution < 1.29 is 9.53 Å². The van der Waals surface area contributed by atoms with Gasteiger partial charge < -0.3 is 10.1 Å². The predicted molar refractivity (Wildman–Crippen MR) is 150 cm³/mol. The number of nitriles is 1. The van der Waals surface area contributed by atoms with Gasteiger partial charge in [0.2, 0.25) is 0 Å². The lowest BCUT2D eigenvalue weighted by Crippen LogP contribution is -2.29. The molecule has 1 fully saturated rings. The highest BCUT2D eigenvalue weighted by Gasteiger charge is 2.32. The first kappa shape index (κ1) is 27.5. The Morgan fingerprint density at radius 1 is 1.17 bits per heavy atom. The third-order valence-electron chi connectivity index (χ3n) is 6.25. The van der Waals surface area contributed by atoms with Gasteiger partial charge in [-0.2, -0.15) is 5.26 Å². The van der Waals surface area contributed by atoms with Crippen molar-refractivity contribution in [1.82, 2.24) is 9.47 Å². The summed E-state index contributed by atoms with van der Waals surface area (Å²) in [6.07, 6.45) is 7.24. The first-order valence-corrected chi connectivity index (χ1v) is 13.3. The molecular formula is C27H32N4O3S2. The molecule has 7 nitrogen and oxygen atoms in total. The van der Waals surface area contributed by atoms with Crippen LogP contribution in [0.25, 0.3) is 6.08 Å². The van der Waals surface area contributed by atoms with Gasteiger partial charge in [0.15, 0.2) is 0 Å². The van der Waals surface area contributed by atoms with Crippen LogP contribution >= 0.6 is 24.0 Å². The Morgan fingerprint density at radius 2 is 1.86 bits per heavy atom. The molecule has 1 aromatic carbocycles. The predicted octanol–water partition coefficient (Wildman–Crippen LogP) is 5.36. The van der Waals surface area contributed by atoms with Crippen molar-refractivity contribution in [1.29, 1.82) is 5.26 Å². The highest BCUT2D eigenvalue weighted by molar-refractivity contribution is 8.26. The smallest absolute Gasteiger partial charge is 0.270 e. The second kappa shape index (κ2) is 12.7. The average molecular weight is 525 g/mol. The van der Waals surface area contributed by atoms with E-state index in [-0.39, 0.29) is 17.0 Å². The number of rotatable bonds is 11. The van der Waals surface area contributed by atoms with E-state index in [1.165, 1.54) is 29.2 Å². The monoisotopic (exact) mass is 524 g/mol. The number of amides is 1. The van der Waals surface area contributed by atoms with E-state index < -0.39 is 0 Å². The van der Waals surface area contributed by atoms with E-state index >= 15 is 0 Å². The number of pyridine rings is 1. The molecule has 1 N–H and O–H groups in total. The van der Waals surface area contributed by atoms with Crippen LogP contribution in [0.15, 0.2) is 34.0 Å². The molecule has 0 aliphatic carbocycles. The van der Waals surface area contributed by atoms with Gasteiger partial charge >= 0.3 is 0 Å². The van der Waals surface area contributed by atoms with Crippen molar-refractivity contribution in [2.45, 2.75) is 52.5 Å². The zero-order valence-corrected chi connectivity index (χ0v) is 22.9. The van der Waals surface area contributed by atoms with Crippen molar-refractivity contribution in [3.05, 3.63) is 61.8 Å². The molecular weight excluding hydrogens is 492 g/mol. The van der Waals surface area contributed by atoms with Crippen LogP contribution in [0, 0.1) is 18.3 Å². The minimum atomic E-state index is -0.385. The molecule has 0 radical (unpaired) electrons. The molecule has 1 amide bonds. The highest BCUT2D eigenvalue weighted by Crippen LogP contribution is 2.35. The number of carbonyl (C=O) groups excluding carboxylic acids is 1. The van der Waals surface area contributed by atoms with E-state index in [0.717, 1.165) is 30.6 Å². The van der Waals surface area contributed by atoms with E-state index in [4.69, 9.17) is 17.0 Å². The van der Waals surface area contributed by atoms with E-state index in [2.05, 4.69) is 12.2 Å². The molecule has 1 aromatic heterocycles. The van der Waals surface area contributed by atoms with Gasteiger partial charge in [-0.05, 0) is 42.7 Å². The summed E-state index contributed by atoms with van der Waals surface area (Å²) >= 11 is 6.76. The van der Waals surface area contributed by atoms with Gasteiger partial charge in [-0.1, -0.05) is 68.7 Å². The molecule has 190 valence electrons. The second-order valence-corrected chi connectivity index (χ2v) is 10.4. The number of methoxy groups -OCH3 is 1. The lowest BCUT2D eigenvalue weighted by atomic mass is 10.0. The van der Waals surface area contributed by atoms with Gasteiger partial charge in [0.05, 0.1) is 12.0 Å². The summed E-state index contributed by atoms with van der Waals surface area (Å²) < 4.78 is 7.18. The number of hydrogen-bond acceptors (Lipinski definition) is 7. The summed E-state index contributed by atoms with van der Waals surface area (Å²) in [4.78, 5) is 28.2. The van der Waals surface area contributed by atoms with Crippen LogP contribution in [0.1, 0.15) is 61.3 Å². The number of hydrogen-bond donors (Lipinski definition) is 1. The quantitative estimate of drug-likeness (QED) is 0.241. The molecule has 0 unspecified atom stereocenters. The second-order valence-electron chi connectivity index (χ2n) is 8.69. The van der Waals surface area contributed by atoms with Gasteiger partial charge in [0, 0.05) is 25.7 Å². The average Bonchev–Trinajstić information content (AvgIpc) is 3.14. The third-order valence-corrected chi connectivity index (χ3v) is 7.63. The summed E-state index contributed by atoms with van der Waals surface area (Å²) in [5.74, 6) is 1.17. The van der Waals surface area contributed by atoms with Gasteiger partial charge in [0.1, 0.15) is 27.5 Å². The Morgan fingerprint density at radius 3 is 2.50 bits per heavy atom. The zero-order chi connectivity index (χ0) is 26.2. The minimum absolute atomic E-state index is 0.0603. The number of benzene rings is 1. The topological polar surface area (TPSA) is 87.4 Å². The van der Waals surface area contributed by atoms with Gasteiger partial charge in [0.25, 0.3) is 11.5 Å². The first-order valence-electron chi connectivity index (χ1n) is 12.1. The molecule has 2 aromatic rings. The van der Waals surface area contributed by atoms with Crippen molar-refractivity contribution in [2.24, 2.45) is 7.05 Å². The largest absolute Gasteiger partial charge is 0.497 e. The van der Waals surface area contributed by atoms with Crippen LogP contribution in [0.2, 0.25) is 0 Å². The number of thiocarbonyl (C=S) groups is 1. The van der Waals surface area contributed by atoms with Crippen molar-refractivity contribution >= 4 is 46.1 Å². The molecule has 1 aliphatic rings. The third kappa shape index (κ3) is 6.18. The summed E-state index contributed by atoms with van der Waals surface area (Å²) in [6, 6.07) is 9.64. The highest BCUT2D eigenvalue weighted by atomic mass is 32.2. The number of nitrogens with zero attached hydrogens (tertiary/aromatic N) is 3. The number of thioether (sulfide) groups is 1. The number of carbonyl (C=O) groups is 1. The van der Waals surface area contributed by atoms with Crippen LogP contribution in [0.5, 0.6) is 5.75 Å². The van der Waals surface area contributed by atoms with Crippen LogP contribution in [-0.2, 0) is 18.4 Å². The summed E-state index contributed by atoms with van der Waals surface area (Å²) in [6.45, 7) is 4.96. The van der Waals surface area contributed by atoms with Crippen LogP contribution in [0.4, 0.5) is 5.82 Å². The SMILES string of the molecule is CCCCCCCN1C(=O)/C(=C\c2c(C)c(C#N)c(=O)n(C)c2NCc2ccc(OC)cc2)SC1=S. The molecule has 1 saturated heterocycles. The van der Waals surface area contributed by atoms with Crippen molar-refractivity contribution in [3.8, 4) is 11.8 Å². The normalized spacial score (nSPS) is 14.4. The van der Waals surface area contributed by atoms with E-state index in [0.29, 0.717) is 39.3 Å². The fourth-order valence-corrected chi connectivity index (χ4v) is 5.36. The molecule has 0 bridgehead atoms. The molecule has 0 atom stereocenters. The van der Waals surface area contributed by atoms with Gasteiger partial charge in [-0.3, -0.25) is 19.1 Å². The number of nitrogens with one attached hydrogen (secondary N) is 1. The zero-order valence-electron chi connectivity index (χ0n) is 21.2. The summed E-state index contributed by atoms with van der Waals surface area (Å²) in [5, 5.41) is 13.0. The Bertz CT molecular complexity index is 1260. The lowest BCUT2D eigenvalue weighted by Gasteiger charge is -2.18. The number of ether oxygens (including phenoxy) is 1. The maximum atomic E-state index is 13.2. The Balaban J connectivity index is 1.91. The van der Waals surface area contributed by atoms with Crippen molar-refractivity contribution in [2.75, 3.05) is 19.0 Å². The molecule has 0 saturated carbocycles. The lowest BCUT2D eigenvalue weighted by molar-refractivity contribution is -0.122. The molecule has 1 aliphatic heterocycles. The molecule has 0 spiro atoms. The number of anilines is 1. The fraction of sp³-hybridized carbons (Fsp3) is 0.407. The summed E-state index contributed by atoms with van der Waals surface area (Å²) in [7, 11) is 3.24. The maximum Gasteiger partial charge on any atom is 0.270 e. The van der Waals surface area contributed by atoms with Gasteiger partial charge in [-0.15, -0.1) is 0 Å². The fourth-order valence-electron chi connectivity index (χ4n) is 4.07. The molecule has 36 heavy (non-hydrogen) atoms. The van der Waals surface area contributed by atoms with Crippen LogP contribution in [0.3, 0.4) is 0 Å².